The van der Waals surface area contributed by atoms with Gasteiger partial charge < -0.3 is 16.4 Å². The Morgan fingerprint density at radius 3 is 2.31 bits per heavy atom. The monoisotopic (exact) mass is 514 g/mol. The maximum atomic E-state index is 12.8. The molecule has 5 N–H and O–H groups in total. The van der Waals surface area contributed by atoms with E-state index in [1.54, 1.807) is 48.5 Å². The molecule has 0 unspecified atom stereocenters. The van der Waals surface area contributed by atoms with Crippen molar-refractivity contribution >= 4 is 50.8 Å². The summed E-state index contributed by atoms with van der Waals surface area (Å²) in [6.45, 7) is 6.59. The molecule has 1 heterocycles. The van der Waals surface area contributed by atoms with Crippen LogP contribution in [0.25, 0.3) is 0 Å². The van der Waals surface area contributed by atoms with Gasteiger partial charge in [0, 0.05) is 17.1 Å². The Kier molecular flexibility index (Phi) is 7.98. The van der Waals surface area contributed by atoms with Crippen LogP contribution >= 0.6 is 11.6 Å². The van der Waals surface area contributed by atoms with E-state index in [1.165, 1.54) is 18.2 Å². The van der Waals surface area contributed by atoms with Gasteiger partial charge in [0.05, 0.1) is 5.69 Å². The zero-order valence-electron chi connectivity index (χ0n) is 19.5. The number of amides is 1. The minimum Gasteiger partial charge on any atom is -0.398 e. The lowest BCUT2D eigenvalue weighted by Gasteiger charge is -2.21. The molecular weight excluding hydrogens is 488 g/mol. The first kappa shape index (κ1) is 26.0. The third-order valence-corrected chi connectivity index (χ3v) is 6.21. The summed E-state index contributed by atoms with van der Waals surface area (Å²) >= 11 is 5.90. The zero-order chi connectivity index (χ0) is 25.6. The molecule has 0 aliphatic heterocycles. The second kappa shape index (κ2) is 10.7. The van der Waals surface area contributed by atoms with Crippen LogP contribution in [0.2, 0.25) is 5.02 Å². The standard InChI is InChI=1S/C24H27ClN6O3S/c1-24(2,3)15-27-23(30-22(32)16-11-13-17(25)14-12-16)29-20-9-6-10-21(28-20)31-35(33,34)19-8-5-4-7-18(19)26/h4-14H,15,26H2,1-3H3,(H3,27,28,29,30,31,32). The van der Waals surface area contributed by atoms with Gasteiger partial charge in [-0.05, 0) is 53.9 Å². The number of hydrogen-bond donors (Lipinski definition) is 4. The van der Waals surface area contributed by atoms with E-state index < -0.39 is 15.9 Å². The highest BCUT2D eigenvalue weighted by atomic mass is 35.5. The molecule has 0 saturated heterocycles. The number of carbonyl (C=O) groups is 1. The highest BCUT2D eigenvalue weighted by Crippen LogP contribution is 2.21. The summed E-state index contributed by atoms with van der Waals surface area (Å²) in [6, 6.07) is 17.3. The van der Waals surface area contributed by atoms with E-state index in [4.69, 9.17) is 17.3 Å². The predicted octanol–water partition coefficient (Wildman–Crippen LogP) is 4.36. The Morgan fingerprint density at radius 2 is 1.66 bits per heavy atom. The van der Waals surface area contributed by atoms with E-state index in [2.05, 4.69) is 25.3 Å². The van der Waals surface area contributed by atoms with Gasteiger partial charge in [-0.2, -0.15) is 4.99 Å². The van der Waals surface area contributed by atoms with E-state index in [0.717, 1.165) is 0 Å². The molecule has 1 amide bonds. The Balaban J connectivity index is 1.84. The molecule has 9 nitrogen and oxygen atoms in total. The molecule has 0 radical (unpaired) electrons. The van der Waals surface area contributed by atoms with E-state index in [0.29, 0.717) is 17.1 Å². The van der Waals surface area contributed by atoms with Crippen LogP contribution in [-0.4, -0.2) is 31.8 Å². The number of nitrogens with two attached hydrogens (primary N) is 1. The van der Waals surface area contributed by atoms with Crippen molar-refractivity contribution < 1.29 is 13.2 Å². The van der Waals surface area contributed by atoms with E-state index >= 15 is 0 Å². The molecule has 0 fully saturated rings. The van der Waals surface area contributed by atoms with Crippen LogP contribution in [-0.2, 0) is 10.0 Å². The smallest absolute Gasteiger partial charge is 0.280 e. The van der Waals surface area contributed by atoms with Crippen LogP contribution in [0.1, 0.15) is 31.1 Å². The summed E-state index contributed by atoms with van der Waals surface area (Å²) in [5.74, 6) is 0.0226. The minimum atomic E-state index is -3.95. The first-order chi connectivity index (χ1) is 16.4. The number of halogens is 1. The number of aliphatic imine (C=N–C) groups is 1. The summed E-state index contributed by atoms with van der Waals surface area (Å²) in [6.07, 6.45) is 0. The molecule has 2 aromatic carbocycles. The average Bonchev–Trinajstić information content (AvgIpc) is 2.77. The van der Waals surface area contributed by atoms with Gasteiger partial charge in [0.1, 0.15) is 16.5 Å². The number of aromatic nitrogens is 1. The maximum absolute atomic E-state index is 12.8. The number of rotatable bonds is 6. The second-order valence-corrected chi connectivity index (χ2v) is 11.0. The van der Waals surface area contributed by atoms with Crippen molar-refractivity contribution in [3.8, 4) is 0 Å². The van der Waals surface area contributed by atoms with Gasteiger partial charge in [-0.3, -0.25) is 9.52 Å². The van der Waals surface area contributed by atoms with Crippen molar-refractivity contribution in [1.82, 2.24) is 10.3 Å². The summed E-state index contributed by atoms with van der Waals surface area (Å²) in [4.78, 5) is 21.1. The van der Waals surface area contributed by atoms with Crippen molar-refractivity contribution in [3.63, 3.8) is 0 Å². The van der Waals surface area contributed by atoms with Crippen LogP contribution in [0.3, 0.4) is 0 Å². The predicted molar refractivity (Wildman–Crippen MR) is 140 cm³/mol. The molecule has 11 heteroatoms. The fourth-order valence-electron chi connectivity index (χ4n) is 2.82. The number of guanidine groups is 1. The molecule has 0 aliphatic carbocycles. The summed E-state index contributed by atoms with van der Waals surface area (Å²) in [5, 5.41) is 6.59. The first-order valence-corrected chi connectivity index (χ1v) is 12.5. The highest BCUT2D eigenvalue weighted by molar-refractivity contribution is 7.92. The number of benzene rings is 2. The van der Waals surface area contributed by atoms with Crippen LogP contribution in [0, 0.1) is 5.41 Å². The summed E-state index contributed by atoms with van der Waals surface area (Å²) in [5.41, 5.74) is 6.19. The third kappa shape index (κ3) is 7.69. The largest absolute Gasteiger partial charge is 0.398 e. The quantitative estimate of drug-likeness (QED) is 0.218. The molecule has 0 atom stereocenters. The third-order valence-electron chi connectivity index (χ3n) is 4.53. The fraction of sp³-hybridized carbons (Fsp3) is 0.208. The van der Waals surface area contributed by atoms with Crippen molar-refractivity contribution in [2.75, 3.05) is 22.3 Å². The van der Waals surface area contributed by atoms with Crippen LogP contribution in [0.4, 0.5) is 17.3 Å². The molecule has 3 aromatic rings. The van der Waals surface area contributed by atoms with Crippen molar-refractivity contribution in [2.24, 2.45) is 10.4 Å². The number of nitrogens with one attached hydrogen (secondary N) is 3. The molecule has 0 saturated carbocycles. The Morgan fingerprint density at radius 1 is 1.00 bits per heavy atom. The van der Waals surface area contributed by atoms with Gasteiger partial charge in [0.2, 0.25) is 5.96 Å². The molecule has 1 aromatic heterocycles. The normalized spacial score (nSPS) is 12.2. The number of nitrogens with zero attached hydrogens (tertiary/aromatic N) is 2. The molecule has 0 aliphatic rings. The summed E-state index contributed by atoms with van der Waals surface area (Å²) < 4.78 is 27.9. The van der Waals surface area contributed by atoms with Gasteiger partial charge in [0.25, 0.3) is 15.9 Å². The van der Waals surface area contributed by atoms with Crippen molar-refractivity contribution in [3.05, 3.63) is 77.3 Å². The van der Waals surface area contributed by atoms with Gasteiger partial charge in [-0.15, -0.1) is 0 Å². The van der Waals surface area contributed by atoms with Gasteiger partial charge in [0.15, 0.2) is 0 Å². The lowest BCUT2D eigenvalue weighted by Crippen LogP contribution is -2.37. The Labute approximate surface area is 209 Å². The van der Waals surface area contributed by atoms with Gasteiger partial charge in [-0.25, -0.2) is 13.4 Å². The summed E-state index contributed by atoms with van der Waals surface area (Å²) in [7, 11) is -3.95. The number of hydrogen-bond acceptors (Lipinski definition) is 5. The zero-order valence-corrected chi connectivity index (χ0v) is 21.1. The molecular formula is C24H27ClN6O3S. The van der Waals surface area contributed by atoms with E-state index in [1.807, 2.05) is 20.8 Å². The fourth-order valence-corrected chi connectivity index (χ4v) is 4.08. The SMILES string of the molecule is CC(C)(C)CN/C(=N/C(=O)c1ccc(Cl)cc1)Nc1cccc(NS(=O)(=O)c2ccccc2N)n1. The molecule has 0 bridgehead atoms. The second-order valence-electron chi connectivity index (χ2n) is 8.86. The van der Waals surface area contributed by atoms with Crippen molar-refractivity contribution in [1.29, 1.82) is 0 Å². The molecule has 3 rings (SSSR count). The van der Waals surface area contributed by atoms with E-state index in [9.17, 15) is 13.2 Å². The number of carbonyl (C=O) groups excluding carboxylic acids is 1. The van der Waals surface area contributed by atoms with Crippen molar-refractivity contribution in [2.45, 2.75) is 25.7 Å². The lowest BCUT2D eigenvalue weighted by atomic mass is 9.97. The number of anilines is 3. The molecule has 0 spiro atoms. The number of para-hydroxylation sites is 1. The van der Waals surface area contributed by atoms with Crippen LogP contribution < -0.4 is 21.1 Å². The lowest BCUT2D eigenvalue weighted by molar-refractivity contribution is 0.100. The molecule has 184 valence electrons. The Bertz CT molecular complexity index is 1340. The van der Waals surface area contributed by atoms with Gasteiger partial charge in [-0.1, -0.05) is 50.6 Å². The maximum Gasteiger partial charge on any atom is 0.280 e. The van der Waals surface area contributed by atoms with Crippen LogP contribution in [0.5, 0.6) is 0 Å². The number of pyridine rings is 1. The number of nitrogen functional groups attached to an aromatic ring is 1. The first-order valence-electron chi connectivity index (χ1n) is 10.7. The topological polar surface area (TPSA) is 139 Å². The number of sulfonamides is 1. The van der Waals surface area contributed by atoms with Crippen LogP contribution in [0.15, 0.2) is 76.6 Å². The Hall–Kier alpha value is -3.63. The highest BCUT2D eigenvalue weighted by Gasteiger charge is 2.18. The van der Waals surface area contributed by atoms with Gasteiger partial charge >= 0.3 is 0 Å². The average molecular weight is 515 g/mol. The minimum absolute atomic E-state index is 0.0529. The molecule has 35 heavy (non-hydrogen) atoms. The van der Waals surface area contributed by atoms with E-state index in [-0.39, 0.29) is 33.6 Å².